The molecule has 2 aromatic rings. The number of imidazole rings is 1. The van der Waals surface area contributed by atoms with Crippen molar-refractivity contribution in [3.63, 3.8) is 0 Å². The molecule has 94 valence electrons. The number of aryl methyl sites for hydroxylation is 2. The van der Waals surface area contributed by atoms with Gasteiger partial charge in [0.1, 0.15) is 16.1 Å². The second-order valence-corrected chi connectivity index (χ2v) is 5.45. The van der Waals surface area contributed by atoms with Gasteiger partial charge >= 0.3 is 0 Å². The van der Waals surface area contributed by atoms with Crippen molar-refractivity contribution in [2.75, 3.05) is 6.61 Å². The second kappa shape index (κ2) is 4.86. The molecule has 0 fully saturated rings. The average molecular weight is 307 g/mol. The van der Waals surface area contributed by atoms with Gasteiger partial charge in [0, 0.05) is 12.0 Å². The Morgan fingerprint density at radius 1 is 1.28 bits per heavy atom. The fourth-order valence-electron chi connectivity index (χ4n) is 2.53. The molecule has 1 aromatic heterocycles. The van der Waals surface area contributed by atoms with Crippen LogP contribution in [-0.4, -0.2) is 21.7 Å². The number of fused-ring (bicyclic) bond motifs is 1. The fraction of sp³-hybridized carbons (Fsp3) is 0.357. The maximum Gasteiger partial charge on any atom is 0.110 e. The number of aliphatic hydroxyl groups is 1. The Labute approximate surface area is 114 Å². The lowest BCUT2D eigenvalue weighted by Gasteiger charge is -2.02. The van der Waals surface area contributed by atoms with Gasteiger partial charge in [0.2, 0.25) is 0 Å². The predicted molar refractivity (Wildman–Crippen MR) is 74.5 cm³/mol. The van der Waals surface area contributed by atoms with Crippen molar-refractivity contribution in [1.29, 1.82) is 0 Å². The van der Waals surface area contributed by atoms with Crippen molar-refractivity contribution in [3.05, 3.63) is 39.8 Å². The van der Waals surface area contributed by atoms with Gasteiger partial charge in [-0.2, -0.15) is 0 Å². The van der Waals surface area contributed by atoms with E-state index in [0.717, 1.165) is 21.7 Å². The summed E-state index contributed by atoms with van der Waals surface area (Å²) in [5.74, 6) is 0.819. The highest BCUT2D eigenvalue weighted by atomic mass is 79.9. The number of benzene rings is 1. The number of rotatable bonds is 3. The first kappa shape index (κ1) is 11.9. The number of hydrogen-bond donors (Lipinski definition) is 2. The van der Waals surface area contributed by atoms with Crippen LogP contribution in [0.1, 0.15) is 23.4 Å². The Balaban J connectivity index is 1.99. The Kier molecular flexibility index (Phi) is 3.22. The lowest BCUT2D eigenvalue weighted by Crippen LogP contribution is -1.92. The minimum Gasteiger partial charge on any atom is -0.396 e. The summed E-state index contributed by atoms with van der Waals surface area (Å²) in [6, 6.07) is 6.59. The SMILES string of the molecule is OCCc1nc(-c2ccc3c(c2)CCC3)c(Br)[nH]1. The zero-order chi connectivity index (χ0) is 12.5. The number of aliphatic hydroxyl groups excluding tert-OH is 1. The summed E-state index contributed by atoms with van der Waals surface area (Å²) in [5, 5.41) is 8.94. The molecule has 1 heterocycles. The topological polar surface area (TPSA) is 48.9 Å². The maximum atomic E-state index is 8.94. The number of aromatic nitrogens is 2. The summed E-state index contributed by atoms with van der Waals surface area (Å²) in [6.45, 7) is 0.115. The lowest BCUT2D eigenvalue weighted by atomic mass is 10.0. The molecule has 3 rings (SSSR count). The van der Waals surface area contributed by atoms with Gasteiger partial charge in [-0.15, -0.1) is 0 Å². The fourth-order valence-corrected chi connectivity index (χ4v) is 3.08. The highest BCUT2D eigenvalue weighted by Gasteiger charge is 2.15. The highest BCUT2D eigenvalue weighted by Crippen LogP contribution is 2.30. The smallest absolute Gasteiger partial charge is 0.110 e. The molecule has 0 atom stereocenters. The second-order valence-electron chi connectivity index (χ2n) is 4.66. The first-order valence-electron chi connectivity index (χ1n) is 6.25. The molecule has 3 nitrogen and oxygen atoms in total. The van der Waals surface area contributed by atoms with Gasteiger partial charge in [0.25, 0.3) is 0 Å². The van der Waals surface area contributed by atoms with Crippen LogP contribution in [0.5, 0.6) is 0 Å². The van der Waals surface area contributed by atoms with Crippen molar-refractivity contribution in [1.82, 2.24) is 9.97 Å². The molecule has 0 amide bonds. The highest BCUT2D eigenvalue weighted by molar-refractivity contribution is 9.10. The largest absolute Gasteiger partial charge is 0.396 e. The van der Waals surface area contributed by atoms with Gasteiger partial charge in [0.15, 0.2) is 0 Å². The van der Waals surface area contributed by atoms with E-state index >= 15 is 0 Å². The van der Waals surface area contributed by atoms with E-state index < -0.39 is 0 Å². The summed E-state index contributed by atoms with van der Waals surface area (Å²) in [7, 11) is 0. The maximum absolute atomic E-state index is 8.94. The van der Waals surface area contributed by atoms with Crippen LogP contribution in [0.25, 0.3) is 11.3 Å². The normalized spacial score (nSPS) is 13.9. The Morgan fingerprint density at radius 3 is 2.94 bits per heavy atom. The van der Waals surface area contributed by atoms with Gasteiger partial charge in [-0.1, -0.05) is 12.1 Å². The summed E-state index contributed by atoms with van der Waals surface area (Å²) in [4.78, 5) is 7.69. The summed E-state index contributed by atoms with van der Waals surface area (Å²) in [5.41, 5.74) is 5.00. The Morgan fingerprint density at radius 2 is 2.11 bits per heavy atom. The van der Waals surface area contributed by atoms with E-state index in [1.54, 1.807) is 0 Å². The molecule has 0 bridgehead atoms. The van der Waals surface area contributed by atoms with Gasteiger partial charge in [-0.05, 0) is 52.4 Å². The van der Waals surface area contributed by atoms with Crippen molar-refractivity contribution in [2.45, 2.75) is 25.7 Å². The Hall–Kier alpha value is -1.13. The molecule has 1 aliphatic carbocycles. The zero-order valence-electron chi connectivity index (χ0n) is 10.0. The molecule has 2 N–H and O–H groups in total. The van der Waals surface area contributed by atoms with Crippen molar-refractivity contribution in [2.24, 2.45) is 0 Å². The predicted octanol–water partition coefficient (Wildman–Crippen LogP) is 2.86. The number of H-pyrrole nitrogens is 1. The standard InChI is InChI=1S/C14H15BrN2O/c15-14-13(16-12(17-14)6-7-18)11-5-4-9-2-1-3-10(9)8-11/h4-5,8,18H,1-3,6-7H2,(H,16,17). The van der Waals surface area contributed by atoms with Crippen LogP contribution >= 0.6 is 15.9 Å². The van der Waals surface area contributed by atoms with E-state index in [1.165, 1.54) is 30.4 Å². The molecule has 0 saturated heterocycles. The van der Waals surface area contributed by atoms with Crippen molar-refractivity contribution in [3.8, 4) is 11.3 Å². The summed E-state index contributed by atoms with van der Waals surface area (Å²) >= 11 is 3.50. The van der Waals surface area contributed by atoms with Crippen LogP contribution < -0.4 is 0 Å². The van der Waals surface area contributed by atoms with Gasteiger partial charge < -0.3 is 10.1 Å². The Bertz CT molecular complexity index is 577. The van der Waals surface area contributed by atoms with Crippen LogP contribution in [0, 0.1) is 0 Å². The van der Waals surface area contributed by atoms with Gasteiger partial charge in [0.05, 0.1) is 6.61 Å². The van der Waals surface area contributed by atoms with E-state index in [-0.39, 0.29) is 6.61 Å². The molecule has 4 heteroatoms. The van der Waals surface area contributed by atoms with E-state index in [0.29, 0.717) is 6.42 Å². The van der Waals surface area contributed by atoms with Crippen LogP contribution in [0.4, 0.5) is 0 Å². The third-order valence-corrected chi connectivity index (χ3v) is 4.00. The van der Waals surface area contributed by atoms with E-state index in [4.69, 9.17) is 5.11 Å². The molecule has 0 radical (unpaired) electrons. The first-order chi connectivity index (χ1) is 8.78. The average Bonchev–Trinajstić information content (AvgIpc) is 2.95. The van der Waals surface area contributed by atoms with Crippen LogP contribution in [0.15, 0.2) is 22.8 Å². The number of nitrogens with one attached hydrogen (secondary N) is 1. The third kappa shape index (κ3) is 2.10. The van der Waals surface area contributed by atoms with Gasteiger partial charge in [-0.25, -0.2) is 4.98 Å². The first-order valence-corrected chi connectivity index (χ1v) is 7.04. The zero-order valence-corrected chi connectivity index (χ0v) is 11.6. The minimum absolute atomic E-state index is 0.115. The van der Waals surface area contributed by atoms with Crippen molar-refractivity contribution < 1.29 is 5.11 Å². The monoisotopic (exact) mass is 306 g/mol. The third-order valence-electron chi connectivity index (χ3n) is 3.43. The number of aromatic amines is 1. The molecule has 0 saturated carbocycles. The molecular formula is C14H15BrN2O. The van der Waals surface area contributed by atoms with E-state index in [1.807, 2.05) is 0 Å². The number of nitrogens with zero attached hydrogens (tertiary/aromatic N) is 1. The van der Waals surface area contributed by atoms with E-state index in [2.05, 4.69) is 44.1 Å². The van der Waals surface area contributed by atoms with Crippen molar-refractivity contribution >= 4 is 15.9 Å². The number of hydrogen-bond acceptors (Lipinski definition) is 2. The minimum atomic E-state index is 0.115. The lowest BCUT2D eigenvalue weighted by molar-refractivity contribution is 0.297. The molecule has 1 aromatic carbocycles. The number of halogens is 1. The van der Waals surface area contributed by atoms with E-state index in [9.17, 15) is 0 Å². The molecule has 0 unspecified atom stereocenters. The van der Waals surface area contributed by atoms with Crippen LogP contribution in [0.3, 0.4) is 0 Å². The van der Waals surface area contributed by atoms with Crippen LogP contribution in [0.2, 0.25) is 0 Å². The quantitative estimate of drug-likeness (QED) is 0.916. The molecule has 18 heavy (non-hydrogen) atoms. The van der Waals surface area contributed by atoms with Gasteiger partial charge in [-0.3, -0.25) is 0 Å². The molecular weight excluding hydrogens is 292 g/mol. The summed E-state index contributed by atoms with van der Waals surface area (Å²) < 4.78 is 0.892. The van der Waals surface area contributed by atoms with Crippen LogP contribution in [-0.2, 0) is 19.3 Å². The molecule has 0 spiro atoms. The molecule has 1 aliphatic rings. The molecule has 0 aliphatic heterocycles. The summed E-state index contributed by atoms with van der Waals surface area (Å²) in [6.07, 6.45) is 4.20.